The van der Waals surface area contributed by atoms with Gasteiger partial charge in [0, 0.05) is 34.5 Å². The third-order valence-corrected chi connectivity index (χ3v) is 3.79. The highest BCUT2D eigenvalue weighted by atomic mass is 35.5. The fourth-order valence-electron chi connectivity index (χ4n) is 1.55. The van der Waals surface area contributed by atoms with E-state index in [1.54, 1.807) is 12.3 Å². The third-order valence-electron chi connectivity index (χ3n) is 2.46. The molecule has 6 nitrogen and oxygen atoms in total. The molecule has 9 heteroatoms. The number of hydrogen-bond acceptors (Lipinski definition) is 6. The van der Waals surface area contributed by atoms with Crippen molar-refractivity contribution in [3.05, 3.63) is 49.4 Å². The van der Waals surface area contributed by atoms with Crippen LogP contribution in [0.3, 0.4) is 0 Å². The van der Waals surface area contributed by atoms with Crippen molar-refractivity contribution >= 4 is 51.5 Å². The Labute approximate surface area is 128 Å². The van der Waals surface area contributed by atoms with Gasteiger partial charge < -0.3 is 11.1 Å². The molecular formula is C11H9ClN4O2S2. The number of nitrogens with two attached hydrogens (primary N) is 1. The van der Waals surface area contributed by atoms with Crippen molar-refractivity contribution in [2.45, 2.75) is 6.54 Å². The molecule has 0 aliphatic carbocycles. The summed E-state index contributed by atoms with van der Waals surface area (Å²) in [5.41, 5.74) is 6.61. The van der Waals surface area contributed by atoms with E-state index in [2.05, 4.69) is 10.3 Å². The Morgan fingerprint density at radius 1 is 1.60 bits per heavy atom. The van der Waals surface area contributed by atoms with Crippen molar-refractivity contribution in [3.8, 4) is 0 Å². The number of nitro benzene ring substituents is 1. The van der Waals surface area contributed by atoms with Gasteiger partial charge in [0.05, 0.1) is 11.5 Å². The number of anilines is 1. The Hall–Kier alpha value is -1.77. The van der Waals surface area contributed by atoms with Gasteiger partial charge in [0.1, 0.15) is 4.99 Å². The van der Waals surface area contributed by atoms with E-state index < -0.39 is 4.92 Å². The first-order valence-corrected chi connectivity index (χ1v) is 7.00. The lowest BCUT2D eigenvalue weighted by Crippen LogP contribution is -2.13. The largest absolute Gasteiger partial charge is 0.389 e. The van der Waals surface area contributed by atoms with Crippen LogP contribution in [0.2, 0.25) is 4.47 Å². The Bertz CT molecular complexity index is 674. The predicted octanol–water partition coefficient (Wildman–Crippen LogP) is 2.95. The minimum Gasteiger partial charge on any atom is -0.389 e. The van der Waals surface area contributed by atoms with Crippen LogP contribution >= 0.6 is 35.2 Å². The molecule has 20 heavy (non-hydrogen) atoms. The molecule has 0 saturated heterocycles. The molecule has 1 aromatic carbocycles. The Kier molecular flexibility index (Phi) is 4.48. The maximum absolute atomic E-state index is 10.7. The number of rotatable bonds is 5. The van der Waals surface area contributed by atoms with E-state index in [9.17, 15) is 10.1 Å². The topological polar surface area (TPSA) is 94.1 Å². The number of non-ortho nitro benzene ring substituents is 1. The molecule has 3 N–H and O–H groups in total. The van der Waals surface area contributed by atoms with Crippen LogP contribution in [0.15, 0.2) is 24.4 Å². The number of nitro groups is 1. The number of halogens is 1. The molecule has 0 unspecified atom stereocenters. The number of thiocarbonyl (C=S) groups is 1. The average Bonchev–Trinajstić information content (AvgIpc) is 2.81. The molecule has 0 atom stereocenters. The molecule has 0 spiro atoms. The number of benzene rings is 1. The lowest BCUT2D eigenvalue weighted by atomic mass is 10.1. The maximum Gasteiger partial charge on any atom is 0.270 e. The second kappa shape index (κ2) is 6.12. The van der Waals surface area contributed by atoms with Gasteiger partial charge in [0.2, 0.25) is 0 Å². The van der Waals surface area contributed by atoms with Gasteiger partial charge in [-0.25, -0.2) is 4.98 Å². The van der Waals surface area contributed by atoms with Gasteiger partial charge in [-0.1, -0.05) is 23.8 Å². The molecule has 0 aliphatic heterocycles. The lowest BCUT2D eigenvalue weighted by molar-refractivity contribution is -0.384. The van der Waals surface area contributed by atoms with Crippen LogP contribution in [0.1, 0.15) is 10.4 Å². The van der Waals surface area contributed by atoms with Crippen LogP contribution in [0.25, 0.3) is 0 Å². The van der Waals surface area contributed by atoms with Crippen LogP contribution < -0.4 is 11.1 Å². The molecule has 0 amide bonds. The van der Waals surface area contributed by atoms with Crippen molar-refractivity contribution in [1.82, 2.24) is 4.98 Å². The van der Waals surface area contributed by atoms with Gasteiger partial charge in [-0.15, -0.1) is 11.3 Å². The Morgan fingerprint density at radius 3 is 2.90 bits per heavy atom. The highest BCUT2D eigenvalue weighted by molar-refractivity contribution is 7.80. The summed E-state index contributed by atoms with van der Waals surface area (Å²) in [4.78, 5) is 15.2. The summed E-state index contributed by atoms with van der Waals surface area (Å²) in [6.45, 7) is 0.484. The molecule has 0 radical (unpaired) electrons. The number of nitrogens with zero attached hydrogens (tertiary/aromatic N) is 2. The molecule has 1 heterocycles. The minimum absolute atomic E-state index is 0.0563. The van der Waals surface area contributed by atoms with Gasteiger partial charge in [0.15, 0.2) is 4.47 Å². The van der Waals surface area contributed by atoms with Crippen LogP contribution in [0, 0.1) is 10.1 Å². The standard InChI is InChI=1S/C11H9ClN4O2S2/c12-11-15-5-7(20-11)4-14-9-2-1-6(16(17)18)3-8(9)10(13)19/h1-3,5,14H,4H2,(H2,13,19). The van der Waals surface area contributed by atoms with Crippen molar-refractivity contribution < 1.29 is 4.92 Å². The van der Waals surface area contributed by atoms with Crippen LogP contribution in [0.5, 0.6) is 0 Å². The number of nitrogens with one attached hydrogen (secondary N) is 1. The predicted molar refractivity (Wildman–Crippen MR) is 83.4 cm³/mol. The molecular weight excluding hydrogens is 320 g/mol. The van der Waals surface area contributed by atoms with Gasteiger partial charge in [-0.05, 0) is 6.07 Å². The molecule has 2 rings (SSSR count). The van der Waals surface area contributed by atoms with E-state index in [1.165, 1.54) is 23.5 Å². The molecule has 0 fully saturated rings. The zero-order chi connectivity index (χ0) is 14.7. The lowest BCUT2D eigenvalue weighted by Gasteiger charge is -2.10. The summed E-state index contributed by atoms with van der Waals surface area (Å²) in [7, 11) is 0. The van der Waals surface area contributed by atoms with E-state index in [-0.39, 0.29) is 10.7 Å². The Balaban J connectivity index is 2.22. The minimum atomic E-state index is -0.492. The molecule has 104 valence electrons. The number of hydrogen-bond donors (Lipinski definition) is 2. The zero-order valence-corrected chi connectivity index (χ0v) is 12.4. The van der Waals surface area contributed by atoms with Crippen molar-refractivity contribution in [2.24, 2.45) is 5.73 Å². The molecule has 1 aromatic heterocycles. The van der Waals surface area contributed by atoms with Gasteiger partial charge in [-0.3, -0.25) is 10.1 Å². The zero-order valence-electron chi connectivity index (χ0n) is 10.00. The molecule has 0 saturated carbocycles. The highest BCUT2D eigenvalue weighted by Gasteiger charge is 2.12. The van der Waals surface area contributed by atoms with Gasteiger partial charge >= 0.3 is 0 Å². The summed E-state index contributed by atoms with van der Waals surface area (Å²) >= 11 is 12.0. The van der Waals surface area contributed by atoms with E-state index in [1.807, 2.05) is 0 Å². The fourth-order valence-corrected chi connectivity index (χ4v) is 2.64. The third kappa shape index (κ3) is 3.41. The van der Waals surface area contributed by atoms with E-state index in [4.69, 9.17) is 29.6 Å². The fraction of sp³-hybridized carbons (Fsp3) is 0.0909. The molecule has 2 aromatic rings. The van der Waals surface area contributed by atoms with Gasteiger partial charge in [-0.2, -0.15) is 0 Å². The summed E-state index contributed by atoms with van der Waals surface area (Å²) < 4.78 is 0.458. The highest BCUT2D eigenvalue weighted by Crippen LogP contribution is 2.24. The van der Waals surface area contributed by atoms with Crippen molar-refractivity contribution in [3.63, 3.8) is 0 Å². The van der Waals surface area contributed by atoms with Crippen LogP contribution in [0.4, 0.5) is 11.4 Å². The smallest absolute Gasteiger partial charge is 0.270 e. The van der Waals surface area contributed by atoms with E-state index >= 15 is 0 Å². The van der Waals surface area contributed by atoms with Crippen molar-refractivity contribution in [1.29, 1.82) is 0 Å². The van der Waals surface area contributed by atoms with Crippen LogP contribution in [-0.4, -0.2) is 14.9 Å². The number of aromatic nitrogens is 1. The summed E-state index contributed by atoms with van der Waals surface area (Å²) in [6.07, 6.45) is 1.66. The van der Waals surface area contributed by atoms with Gasteiger partial charge in [0.25, 0.3) is 5.69 Å². The summed E-state index contributed by atoms with van der Waals surface area (Å²) in [6, 6.07) is 4.32. The van der Waals surface area contributed by atoms with E-state index in [0.717, 1.165) is 4.88 Å². The first-order chi connectivity index (χ1) is 9.47. The monoisotopic (exact) mass is 328 g/mol. The Morgan fingerprint density at radius 2 is 2.35 bits per heavy atom. The second-order valence-corrected chi connectivity index (χ2v) is 5.92. The first kappa shape index (κ1) is 14.6. The van der Waals surface area contributed by atoms with E-state index in [0.29, 0.717) is 22.3 Å². The number of thiazole rings is 1. The van der Waals surface area contributed by atoms with Crippen molar-refractivity contribution in [2.75, 3.05) is 5.32 Å². The first-order valence-electron chi connectivity index (χ1n) is 5.39. The summed E-state index contributed by atoms with van der Waals surface area (Å²) in [5, 5.41) is 13.9. The van der Waals surface area contributed by atoms with Crippen LogP contribution in [-0.2, 0) is 6.54 Å². The average molecular weight is 329 g/mol. The molecule has 0 bridgehead atoms. The quantitative estimate of drug-likeness (QED) is 0.498. The SMILES string of the molecule is NC(=S)c1cc([N+](=O)[O-])ccc1NCc1cnc(Cl)s1. The maximum atomic E-state index is 10.7. The second-order valence-electron chi connectivity index (χ2n) is 3.78. The summed E-state index contributed by atoms with van der Waals surface area (Å²) in [5.74, 6) is 0. The normalized spacial score (nSPS) is 10.2. The molecule has 0 aliphatic rings.